The zero-order valence-corrected chi connectivity index (χ0v) is 8.08. The second kappa shape index (κ2) is 4.60. The van der Waals surface area contributed by atoms with Crippen LogP contribution in [0.2, 0.25) is 0 Å². The van der Waals surface area contributed by atoms with E-state index in [4.69, 9.17) is 0 Å². The second-order valence-electron chi connectivity index (χ2n) is 2.88. The number of amides is 1. The molecule has 1 atom stereocenters. The third kappa shape index (κ3) is 2.45. The van der Waals surface area contributed by atoms with Gasteiger partial charge in [0.2, 0.25) is 0 Å². The highest BCUT2D eigenvalue weighted by Crippen LogP contribution is 2.15. The number of benzene rings is 1. The van der Waals surface area contributed by atoms with Gasteiger partial charge < -0.3 is 10.1 Å². The van der Waals surface area contributed by atoms with Crippen LogP contribution in [0.15, 0.2) is 24.3 Å². The highest BCUT2D eigenvalue weighted by molar-refractivity contribution is 5.67. The van der Waals surface area contributed by atoms with Crippen LogP contribution in [0.1, 0.15) is 18.5 Å². The highest BCUT2D eigenvalue weighted by Gasteiger charge is 2.12. The molecule has 0 saturated heterocycles. The van der Waals surface area contributed by atoms with Gasteiger partial charge in [0, 0.05) is 5.56 Å². The molecule has 1 aromatic rings. The minimum atomic E-state index is -0.569. The lowest BCUT2D eigenvalue weighted by Crippen LogP contribution is -2.26. The van der Waals surface area contributed by atoms with Crippen molar-refractivity contribution in [2.45, 2.75) is 13.0 Å². The van der Waals surface area contributed by atoms with Crippen molar-refractivity contribution in [2.75, 3.05) is 7.11 Å². The Labute approximate surface area is 81.9 Å². The van der Waals surface area contributed by atoms with Crippen LogP contribution in [0.4, 0.5) is 9.18 Å². The van der Waals surface area contributed by atoms with Crippen molar-refractivity contribution >= 4 is 6.09 Å². The number of rotatable bonds is 2. The predicted octanol–water partition coefficient (Wildman–Crippen LogP) is 2.24. The number of methoxy groups -OCH3 is 1. The lowest BCUT2D eigenvalue weighted by Gasteiger charge is -2.13. The lowest BCUT2D eigenvalue weighted by molar-refractivity contribution is 0.167. The van der Waals surface area contributed by atoms with Gasteiger partial charge in [-0.05, 0) is 13.0 Å². The van der Waals surface area contributed by atoms with Gasteiger partial charge in [-0.25, -0.2) is 9.18 Å². The van der Waals surface area contributed by atoms with Crippen LogP contribution in [0.25, 0.3) is 0 Å². The van der Waals surface area contributed by atoms with Gasteiger partial charge in [-0.1, -0.05) is 18.2 Å². The molecule has 0 spiro atoms. The maximum atomic E-state index is 13.2. The number of halogens is 1. The van der Waals surface area contributed by atoms with Crippen molar-refractivity contribution in [1.29, 1.82) is 0 Å². The molecule has 0 aliphatic rings. The quantitative estimate of drug-likeness (QED) is 0.789. The molecule has 0 heterocycles. The number of ether oxygens (including phenoxy) is 1. The predicted molar refractivity (Wildman–Crippen MR) is 50.4 cm³/mol. The molecule has 0 aliphatic heterocycles. The Morgan fingerprint density at radius 1 is 1.50 bits per heavy atom. The summed E-state index contributed by atoms with van der Waals surface area (Å²) in [7, 11) is 1.27. The van der Waals surface area contributed by atoms with Gasteiger partial charge in [-0.15, -0.1) is 0 Å². The molecular weight excluding hydrogens is 185 g/mol. The minimum Gasteiger partial charge on any atom is -0.453 e. The normalized spacial score (nSPS) is 11.9. The number of nitrogens with one attached hydrogen (secondary N) is 1. The summed E-state index contributed by atoms with van der Waals surface area (Å²) >= 11 is 0. The van der Waals surface area contributed by atoms with E-state index < -0.39 is 12.1 Å². The fraction of sp³-hybridized carbons (Fsp3) is 0.300. The van der Waals surface area contributed by atoms with Crippen molar-refractivity contribution < 1.29 is 13.9 Å². The standard InChI is InChI=1S/C10H12FNO2/c1-7(12-10(13)14-2)8-5-3-4-6-9(8)11/h3-7H,1-2H3,(H,12,13). The molecule has 0 bridgehead atoms. The summed E-state index contributed by atoms with van der Waals surface area (Å²) in [5.74, 6) is -0.337. The summed E-state index contributed by atoms with van der Waals surface area (Å²) in [6.07, 6.45) is -0.569. The van der Waals surface area contributed by atoms with E-state index in [2.05, 4.69) is 10.1 Å². The Bertz CT molecular complexity index is 328. The molecule has 76 valence electrons. The Balaban J connectivity index is 2.74. The molecule has 0 aliphatic carbocycles. The third-order valence-corrected chi connectivity index (χ3v) is 1.89. The summed E-state index contributed by atoms with van der Waals surface area (Å²) in [5.41, 5.74) is 0.443. The zero-order chi connectivity index (χ0) is 10.6. The van der Waals surface area contributed by atoms with Gasteiger partial charge in [0.05, 0.1) is 13.2 Å². The smallest absolute Gasteiger partial charge is 0.407 e. The van der Waals surface area contributed by atoms with E-state index >= 15 is 0 Å². The molecule has 1 unspecified atom stereocenters. The van der Waals surface area contributed by atoms with Crippen LogP contribution in [0.3, 0.4) is 0 Å². The first-order chi connectivity index (χ1) is 6.65. The van der Waals surface area contributed by atoms with Gasteiger partial charge >= 0.3 is 6.09 Å². The molecule has 1 rings (SSSR count). The Morgan fingerprint density at radius 3 is 2.71 bits per heavy atom. The van der Waals surface area contributed by atoms with Crippen LogP contribution in [0, 0.1) is 5.82 Å². The first-order valence-electron chi connectivity index (χ1n) is 4.24. The van der Waals surface area contributed by atoms with Crippen LogP contribution in [0.5, 0.6) is 0 Å². The van der Waals surface area contributed by atoms with Gasteiger partial charge in [-0.2, -0.15) is 0 Å². The molecule has 1 aromatic carbocycles. The molecule has 4 heteroatoms. The SMILES string of the molecule is COC(=O)NC(C)c1ccccc1F. The topological polar surface area (TPSA) is 38.3 Å². The number of carbonyl (C=O) groups is 1. The summed E-state index contributed by atoms with van der Waals surface area (Å²) in [4.78, 5) is 10.9. The maximum Gasteiger partial charge on any atom is 0.407 e. The number of alkyl carbamates (subject to hydrolysis) is 1. The monoisotopic (exact) mass is 197 g/mol. The number of hydrogen-bond donors (Lipinski definition) is 1. The third-order valence-electron chi connectivity index (χ3n) is 1.89. The van der Waals surface area contributed by atoms with E-state index in [9.17, 15) is 9.18 Å². The molecule has 0 fully saturated rings. The second-order valence-corrected chi connectivity index (χ2v) is 2.88. The van der Waals surface area contributed by atoms with E-state index in [1.54, 1.807) is 25.1 Å². The van der Waals surface area contributed by atoms with Crippen molar-refractivity contribution in [3.8, 4) is 0 Å². The van der Waals surface area contributed by atoms with E-state index in [0.717, 1.165) is 0 Å². The van der Waals surface area contributed by atoms with E-state index in [1.807, 2.05) is 0 Å². The largest absolute Gasteiger partial charge is 0.453 e. The summed E-state index contributed by atoms with van der Waals surface area (Å²) in [6, 6.07) is 5.89. The Hall–Kier alpha value is -1.58. The van der Waals surface area contributed by atoms with Crippen molar-refractivity contribution in [3.63, 3.8) is 0 Å². The van der Waals surface area contributed by atoms with Gasteiger partial charge in [-0.3, -0.25) is 0 Å². The van der Waals surface area contributed by atoms with Gasteiger partial charge in [0.15, 0.2) is 0 Å². The Morgan fingerprint density at radius 2 is 2.14 bits per heavy atom. The molecule has 0 aromatic heterocycles. The lowest BCUT2D eigenvalue weighted by atomic mass is 10.1. The first kappa shape index (κ1) is 10.5. The van der Waals surface area contributed by atoms with Crippen LogP contribution < -0.4 is 5.32 Å². The van der Waals surface area contributed by atoms with Gasteiger partial charge in [0.1, 0.15) is 5.82 Å². The molecule has 0 saturated carbocycles. The number of hydrogen-bond acceptors (Lipinski definition) is 2. The van der Waals surface area contributed by atoms with Gasteiger partial charge in [0.25, 0.3) is 0 Å². The molecule has 14 heavy (non-hydrogen) atoms. The van der Waals surface area contributed by atoms with Crippen molar-refractivity contribution in [2.24, 2.45) is 0 Å². The highest BCUT2D eigenvalue weighted by atomic mass is 19.1. The fourth-order valence-electron chi connectivity index (χ4n) is 1.14. The Kier molecular flexibility index (Phi) is 3.45. The molecule has 0 radical (unpaired) electrons. The minimum absolute atomic E-state index is 0.337. The van der Waals surface area contributed by atoms with E-state index in [1.165, 1.54) is 13.2 Å². The van der Waals surface area contributed by atoms with Crippen molar-refractivity contribution in [1.82, 2.24) is 5.32 Å². The number of carbonyl (C=O) groups excluding carboxylic acids is 1. The van der Waals surface area contributed by atoms with Crippen LogP contribution in [-0.4, -0.2) is 13.2 Å². The fourth-order valence-corrected chi connectivity index (χ4v) is 1.14. The van der Waals surface area contributed by atoms with Crippen LogP contribution in [-0.2, 0) is 4.74 Å². The molecule has 3 nitrogen and oxygen atoms in total. The first-order valence-corrected chi connectivity index (χ1v) is 4.24. The molecule has 1 amide bonds. The van der Waals surface area contributed by atoms with Crippen LogP contribution >= 0.6 is 0 Å². The molecule has 1 N–H and O–H groups in total. The maximum absolute atomic E-state index is 13.2. The average Bonchev–Trinajstić information content (AvgIpc) is 2.18. The average molecular weight is 197 g/mol. The van der Waals surface area contributed by atoms with E-state index in [-0.39, 0.29) is 5.82 Å². The summed E-state index contributed by atoms with van der Waals surface area (Å²) in [5, 5.41) is 2.49. The molecular formula is C10H12FNO2. The van der Waals surface area contributed by atoms with E-state index in [0.29, 0.717) is 5.56 Å². The summed E-state index contributed by atoms with van der Waals surface area (Å²) in [6.45, 7) is 1.69. The van der Waals surface area contributed by atoms with Crippen molar-refractivity contribution in [3.05, 3.63) is 35.6 Å². The summed E-state index contributed by atoms with van der Waals surface area (Å²) < 4.78 is 17.6. The zero-order valence-electron chi connectivity index (χ0n) is 8.08.